The quantitative estimate of drug-likeness (QED) is 0.623. The van der Waals surface area contributed by atoms with Gasteiger partial charge in [-0.2, -0.15) is 0 Å². The highest BCUT2D eigenvalue weighted by Gasteiger charge is 2.09. The van der Waals surface area contributed by atoms with E-state index in [4.69, 9.17) is 9.47 Å². The highest BCUT2D eigenvalue weighted by molar-refractivity contribution is 8.01. The van der Waals surface area contributed by atoms with Crippen LogP contribution in [0.1, 0.15) is 6.92 Å². The van der Waals surface area contributed by atoms with Crippen LogP contribution in [0.25, 0.3) is 0 Å². The SMILES string of the molecule is CCSc1nnc(NC(=O)COc2cccc(OC)c2)s1. The number of hydrogen-bond acceptors (Lipinski definition) is 7. The minimum Gasteiger partial charge on any atom is -0.497 e. The highest BCUT2D eigenvalue weighted by Crippen LogP contribution is 2.25. The molecule has 0 saturated heterocycles. The predicted octanol–water partition coefficient (Wildman–Crippen LogP) is 2.68. The van der Waals surface area contributed by atoms with Crippen molar-refractivity contribution in [2.75, 3.05) is 24.8 Å². The van der Waals surface area contributed by atoms with Crippen LogP contribution in [0.5, 0.6) is 11.5 Å². The fourth-order valence-corrected chi connectivity index (χ4v) is 3.10. The van der Waals surface area contributed by atoms with E-state index in [0.29, 0.717) is 16.6 Å². The number of thioether (sulfide) groups is 1. The lowest BCUT2D eigenvalue weighted by Crippen LogP contribution is -2.20. The minimum absolute atomic E-state index is 0.0942. The predicted molar refractivity (Wildman–Crippen MR) is 83.4 cm³/mol. The number of nitrogens with one attached hydrogen (secondary N) is 1. The lowest BCUT2D eigenvalue weighted by atomic mass is 10.3. The molecule has 1 heterocycles. The van der Waals surface area contributed by atoms with Crippen molar-refractivity contribution in [1.82, 2.24) is 10.2 Å². The van der Waals surface area contributed by atoms with E-state index in [9.17, 15) is 4.79 Å². The maximum absolute atomic E-state index is 11.8. The summed E-state index contributed by atoms with van der Waals surface area (Å²) in [6.07, 6.45) is 0. The van der Waals surface area contributed by atoms with Crippen molar-refractivity contribution in [3.63, 3.8) is 0 Å². The maximum atomic E-state index is 11.8. The molecular formula is C13H15N3O3S2. The molecule has 6 nitrogen and oxygen atoms in total. The van der Waals surface area contributed by atoms with E-state index in [1.54, 1.807) is 43.1 Å². The Morgan fingerprint density at radius 2 is 2.19 bits per heavy atom. The fourth-order valence-electron chi connectivity index (χ4n) is 1.44. The largest absolute Gasteiger partial charge is 0.497 e. The Hall–Kier alpha value is -1.80. The molecule has 0 unspecified atom stereocenters. The number of methoxy groups -OCH3 is 1. The Morgan fingerprint density at radius 1 is 1.38 bits per heavy atom. The zero-order chi connectivity index (χ0) is 15.1. The van der Waals surface area contributed by atoms with E-state index in [-0.39, 0.29) is 12.5 Å². The molecule has 0 aliphatic heterocycles. The van der Waals surface area contributed by atoms with Crippen molar-refractivity contribution in [2.45, 2.75) is 11.3 Å². The summed E-state index contributed by atoms with van der Waals surface area (Å²) in [5.41, 5.74) is 0. The molecule has 0 atom stereocenters. The summed E-state index contributed by atoms with van der Waals surface area (Å²) in [6.45, 7) is 1.94. The van der Waals surface area contributed by atoms with E-state index < -0.39 is 0 Å². The zero-order valence-electron chi connectivity index (χ0n) is 11.7. The Balaban J connectivity index is 1.83. The molecule has 1 aromatic heterocycles. The number of carbonyl (C=O) groups excluding carboxylic acids is 1. The van der Waals surface area contributed by atoms with Gasteiger partial charge in [0.1, 0.15) is 11.5 Å². The van der Waals surface area contributed by atoms with Gasteiger partial charge in [0, 0.05) is 6.07 Å². The summed E-state index contributed by atoms with van der Waals surface area (Å²) in [5.74, 6) is 1.89. The molecule has 0 fully saturated rings. The Labute approximate surface area is 130 Å². The fraction of sp³-hybridized carbons (Fsp3) is 0.308. The van der Waals surface area contributed by atoms with Gasteiger partial charge in [0.15, 0.2) is 10.9 Å². The second-order valence-corrected chi connectivity index (χ2v) is 6.31. The molecule has 21 heavy (non-hydrogen) atoms. The summed E-state index contributed by atoms with van der Waals surface area (Å²) < 4.78 is 11.3. The number of ether oxygens (including phenoxy) is 2. The van der Waals surface area contributed by atoms with Crippen LogP contribution < -0.4 is 14.8 Å². The average Bonchev–Trinajstić information content (AvgIpc) is 2.93. The van der Waals surface area contributed by atoms with Crippen molar-refractivity contribution in [1.29, 1.82) is 0 Å². The molecule has 1 N–H and O–H groups in total. The van der Waals surface area contributed by atoms with Crippen LogP contribution in [-0.4, -0.2) is 35.6 Å². The summed E-state index contributed by atoms with van der Waals surface area (Å²) in [6, 6.07) is 7.08. The van der Waals surface area contributed by atoms with Gasteiger partial charge in [-0.15, -0.1) is 10.2 Å². The first kappa shape index (κ1) is 15.6. The molecular weight excluding hydrogens is 310 g/mol. The molecule has 1 amide bonds. The molecule has 0 aliphatic rings. The van der Waals surface area contributed by atoms with Crippen LogP contribution in [0.15, 0.2) is 28.6 Å². The van der Waals surface area contributed by atoms with Gasteiger partial charge >= 0.3 is 0 Å². The average molecular weight is 325 g/mol. The van der Waals surface area contributed by atoms with E-state index in [0.717, 1.165) is 10.1 Å². The number of nitrogens with zero attached hydrogens (tertiary/aromatic N) is 2. The van der Waals surface area contributed by atoms with E-state index >= 15 is 0 Å². The third-order valence-corrected chi connectivity index (χ3v) is 4.19. The lowest BCUT2D eigenvalue weighted by molar-refractivity contribution is -0.118. The number of aromatic nitrogens is 2. The monoisotopic (exact) mass is 325 g/mol. The third kappa shape index (κ3) is 4.91. The second-order valence-electron chi connectivity index (χ2n) is 3.82. The Kier molecular flexibility index (Phi) is 5.82. The van der Waals surface area contributed by atoms with Gasteiger partial charge in [0.25, 0.3) is 5.91 Å². The van der Waals surface area contributed by atoms with Gasteiger partial charge in [0.05, 0.1) is 7.11 Å². The molecule has 8 heteroatoms. The summed E-state index contributed by atoms with van der Waals surface area (Å²) >= 11 is 2.93. The molecule has 112 valence electrons. The van der Waals surface area contributed by atoms with E-state index in [2.05, 4.69) is 15.5 Å². The summed E-state index contributed by atoms with van der Waals surface area (Å²) in [5, 5.41) is 11.0. The first-order valence-corrected chi connectivity index (χ1v) is 8.04. The minimum atomic E-state index is -0.276. The Bertz CT molecular complexity index is 604. The smallest absolute Gasteiger partial charge is 0.264 e. The number of benzene rings is 1. The number of carbonyl (C=O) groups is 1. The molecule has 0 radical (unpaired) electrons. The number of amides is 1. The van der Waals surface area contributed by atoms with Gasteiger partial charge in [-0.3, -0.25) is 10.1 Å². The van der Waals surface area contributed by atoms with Crippen molar-refractivity contribution >= 4 is 34.1 Å². The van der Waals surface area contributed by atoms with Crippen LogP contribution in [0.2, 0.25) is 0 Å². The molecule has 2 rings (SSSR count). The van der Waals surface area contributed by atoms with E-state index in [1.165, 1.54) is 11.3 Å². The normalized spacial score (nSPS) is 10.2. The van der Waals surface area contributed by atoms with Crippen LogP contribution in [0.3, 0.4) is 0 Å². The molecule has 1 aromatic carbocycles. The Morgan fingerprint density at radius 3 is 2.95 bits per heavy atom. The molecule has 2 aromatic rings. The number of anilines is 1. The lowest BCUT2D eigenvalue weighted by Gasteiger charge is -2.06. The van der Waals surface area contributed by atoms with Crippen LogP contribution >= 0.6 is 23.1 Å². The van der Waals surface area contributed by atoms with Gasteiger partial charge < -0.3 is 9.47 Å². The maximum Gasteiger partial charge on any atom is 0.264 e. The van der Waals surface area contributed by atoms with Gasteiger partial charge in [-0.1, -0.05) is 36.1 Å². The van der Waals surface area contributed by atoms with Crippen molar-refractivity contribution in [3.8, 4) is 11.5 Å². The van der Waals surface area contributed by atoms with Gasteiger partial charge in [0.2, 0.25) is 5.13 Å². The van der Waals surface area contributed by atoms with Gasteiger partial charge in [-0.25, -0.2) is 0 Å². The van der Waals surface area contributed by atoms with Crippen molar-refractivity contribution in [3.05, 3.63) is 24.3 Å². The van der Waals surface area contributed by atoms with Crippen LogP contribution in [0, 0.1) is 0 Å². The van der Waals surface area contributed by atoms with Crippen LogP contribution in [-0.2, 0) is 4.79 Å². The third-order valence-electron chi connectivity index (χ3n) is 2.33. The highest BCUT2D eigenvalue weighted by atomic mass is 32.2. The number of rotatable bonds is 7. The summed E-state index contributed by atoms with van der Waals surface area (Å²) in [7, 11) is 1.58. The molecule has 0 aliphatic carbocycles. The first-order chi connectivity index (χ1) is 10.2. The van der Waals surface area contributed by atoms with Crippen molar-refractivity contribution in [2.24, 2.45) is 0 Å². The standard InChI is InChI=1S/C13H15N3O3S2/c1-3-20-13-16-15-12(21-13)14-11(17)8-19-10-6-4-5-9(7-10)18-2/h4-7H,3,8H2,1-2H3,(H,14,15,17). The topological polar surface area (TPSA) is 73.3 Å². The zero-order valence-corrected chi connectivity index (χ0v) is 13.3. The molecule has 0 bridgehead atoms. The summed E-state index contributed by atoms with van der Waals surface area (Å²) in [4.78, 5) is 11.8. The van der Waals surface area contributed by atoms with Crippen LogP contribution in [0.4, 0.5) is 5.13 Å². The second kappa shape index (κ2) is 7.84. The first-order valence-electron chi connectivity index (χ1n) is 6.24. The molecule has 0 saturated carbocycles. The number of hydrogen-bond donors (Lipinski definition) is 1. The van der Waals surface area contributed by atoms with E-state index in [1.807, 2.05) is 6.92 Å². The molecule has 0 spiro atoms. The van der Waals surface area contributed by atoms with Crippen molar-refractivity contribution < 1.29 is 14.3 Å². The van der Waals surface area contributed by atoms with Gasteiger partial charge in [-0.05, 0) is 17.9 Å².